The van der Waals surface area contributed by atoms with Crippen molar-refractivity contribution in [2.24, 2.45) is 0 Å². The van der Waals surface area contributed by atoms with Gasteiger partial charge >= 0.3 is 0 Å². The molecule has 0 amide bonds. The van der Waals surface area contributed by atoms with Gasteiger partial charge in [-0.1, -0.05) is 0 Å². The standard InChI is InChI=1S/C4H10N2O2/c1-7-6(5)4-2-3-8-4/h4-6H,2-3H2,1H3. The average Bonchev–Trinajstić information content (AvgIpc) is 1.62. The molecule has 0 spiro atoms. The number of ether oxygens (including phenoxy) is 1. The van der Waals surface area contributed by atoms with E-state index < -0.39 is 0 Å². The number of quaternary nitrogens is 1. The van der Waals surface area contributed by atoms with Gasteiger partial charge in [-0.2, -0.15) is 0 Å². The summed E-state index contributed by atoms with van der Waals surface area (Å²) < 4.78 is 4.93. The van der Waals surface area contributed by atoms with Crippen LogP contribution in [-0.2, 0) is 9.57 Å². The second-order valence-electron chi connectivity index (χ2n) is 1.72. The van der Waals surface area contributed by atoms with E-state index in [9.17, 15) is 0 Å². The monoisotopic (exact) mass is 118 g/mol. The Morgan fingerprint density at radius 2 is 2.50 bits per heavy atom. The minimum Gasteiger partial charge on any atom is -0.432 e. The van der Waals surface area contributed by atoms with Crippen molar-refractivity contribution < 1.29 is 14.7 Å². The average molecular weight is 118 g/mol. The van der Waals surface area contributed by atoms with Crippen LogP contribution in [0, 0.1) is 0 Å². The lowest BCUT2D eigenvalue weighted by molar-refractivity contribution is -1.09. The van der Waals surface area contributed by atoms with E-state index in [2.05, 4.69) is 4.84 Å². The fraction of sp³-hybridized carbons (Fsp3) is 1.00. The van der Waals surface area contributed by atoms with Gasteiger partial charge in [-0.25, -0.2) is 10.0 Å². The molecule has 0 radical (unpaired) electrons. The maximum absolute atomic E-state index is 7.05. The third-order valence-corrected chi connectivity index (χ3v) is 1.21. The summed E-state index contributed by atoms with van der Waals surface area (Å²) in [5.74, 6) is 7.05. The summed E-state index contributed by atoms with van der Waals surface area (Å²) in [6.45, 7) is 0.774. The Balaban J connectivity index is 2.13. The number of nitrogens with one attached hydrogen (secondary N) is 2. The molecule has 1 rings (SSSR count). The van der Waals surface area contributed by atoms with E-state index in [0.29, 0.717) is 0 Å². The van der Waals surface area contributed by atoms with Gasteiger partial charge in [0.05, 0.1) is 20.1 Å². The molecule has 0 bridgehead atoms. The molecule has 0 aromatic rings. The van der Waals surface area contributed by atoms with Crippen LogP contribution in [0.15, 0.2) is 0 Å². The van der Waals surface area contributed by atoms with Gasteiger partial charge in [-0.3, -0.25) is 0 Å². The summed E-state index contributed by atoms with van der Waals surface area (Å²) in [4.78, 5) is 4.61. The van der Waals surface area contributed by atoms with Gasteiger partial charge in [0.2, 0.25) is 6.23 Å². The molecule has 4 nitrogen and oxygen atoms in total. The first-order valence-corrected chi connectivity index (χ1v) is 2.58. The zero-order valence-electron chi connectivity index (χ0n) is 4.81. The highest BCUT2D eigenvalue weighted by atomic mass is 16.7. The molecule has 2 N–H and O–H groups in total. The Labute approximate surface area is 48.1 Å². The van der Waals surface area contributed by atoms with E-state index in [-0.39, 0.29) is 11.4 Å². The zero-order chi connectivity index (χ0) is 5.98. The molecule has 2 atom stereocenters. The van der Waals surface area contributed by atoms with Crippen molar-refractivity contribution >= 4 is 0 Å². The molecule has 1 saturated heterocycles. The largest absolute Gasteiger partial charge is 0.432 e. The summed E-state index contributed by atoms with van der Waals surface area (Å²) >= 11 is 0. The third-order valence-electron chi connectivity index (χ3n) is 1.21. The highest BCUT2D eigenvalue weighted by molar-refractivity contribution is 4.50. The van der Waals surface area contributed by atoms with E-state index in [1.54, 1.807) is 0 Å². The van der Waals surface area contributed by atoms with Crippen LogP contribution in [-0.4, -0.2) is 19.9 Å². The fourth-order valence-electron chi connectivity index (χ4n) is 0.574. The molecule has 0 aromatic heterocycles. The van der Waals surface area contributed by atoms with Crippen molar-refractivity contribution in [1.29, 1.82) is 0 Å². The molecule has 4 heteroatoms. The maximum atomic E-state index is 7.05. The maximum Gasteiger partial charge on any atom is 0.214 e. The van der Waals surface area contributed by atoms with Gasteiger partial charge < -0.3 is 10.6 Å². The first kappa shape index (κ1) is 5.97. The van der Waals surface area contributed by atoms with Crippen LogP contribution in [0.2, 0.25) is 0 Å². The van der Waals surface area contributed by atoms with Gasteiger partial charge in [0, 0.05) is 0 Å². The first-order valence-electron chi connectivity index (χ1n) is 2.58. The van der Waals surface area contributed by atoms with Gasteiger partial charge in [-0.15, -0.1) is 0 Å². The molecule has 1 aliphatic heterocycles. The summed E-state index contributed by atoms with van der Waals surface area (Å²) in [7, 11) is 1.49. The lowest BCUT2D eigenvalue weighted by Gasteiger charge is -2.32. The molecule has 2 unspecified atom stereocenters. The molecular weight excluding hydrogens is 108 g/mol. The summed E-state index contributed by atoms with van der Waals surface area (Å²) in [5, 5.41) is 0.247. The number of rotatable bonds is 2. The van der Waals surface area contributed by atoms with Crippen LogP contribution in [0.3, 0.4) is 0 Å². The summed E-state index contributed by atoms with van der Waals surface area (Å²) in [6, 6.07) is 0. The molecule has 1 aliphatic rings. The minimum atomic E-state index is -0.0417. The lowest BCUT2D eigenvalue weighted by Crippen LogP contribution is -3.10. The summed E-state index contributed by atoms with van der Waals surface area (Å²) in [6.07, 6.45) is 0.896. The molecule has 0 saturated carbocycles. The van der Waals surface area contributed by atoms with E-state index in [1.165, 1.54) is 7.11 Å². The predicted octanol–water partition coefficient (Wildman–Crippen LogP) is -0.854. The first-order chi connectivity index (χ1) is 3.84. The predicted molar refractivity (Wildman–Crippen MR) is 26.7 cm³/mol. The van der Waals surface area contributed by atoms with E-state index >= 15 is 0 Å². The van der Waals surface area contributed by atoms with Crippen molar-refractivity contribution in [2.45, 2.75) is 12.6 Å². The second-order valence-corrected chi connectivity index (χ2v) is 1.72. The molecular formula is C4H10N2O2. The van der Waals surface area contributed by atoms with Crippen molar-refractivity contribution in [3.8, 4) is 0 Å². The van der Waals surface area contributed by atoms with Gasteiger partial charge in [-0.05, 0) is 0 Å². The molecule has 48 valence electrons. The number of hydroxylamine groups is 1. The van der Waals surface area contributed by atoms with E-state index in [4.69, 9.17) is 10.6 Å². The lowest BCUT2D eigenvalue weighted by atomic mass is 10.3. The van der Waals surface area contributed by atoms with E-state index in [0.717, 1.165) is 13.0 Å². The van der Waals surface area contributed by atoms with E-state index in [1.807, 2.05) is 0 Å². The normalized spacial score (nSPS) is 31.5. The second kappa shape index (κ2) is 2.41. The Hall–Kier alpha value is -0.160. The van der Waals surface area contributed by atoms with Crippen LogP contribution < -0.4 is 5.17 Å². The minimum absolute atomic E-state index is 0.0417. The van der Waals surface area contributed by atoms with Crippen molar-refractivity contribution in [3.63, 3.8) is 0 Å². The van der Waals surface area contributed by atoms with Crippen LogP contribution in [0.4, 0.5) is 0 Å². The molecule has 8 heavy (non-hydrogen) atoms. The fourth-order valence-corrected chi connectivity index (χ4v) is 0.574. The Morgan fingerprint density at radius 1 is 1.88 bits per heavy atom. The smallest absolute Gasteiger partial charge is 0.214 e. The quantitative estimate of drug-likeness (QED) is 0.480. The Morgan fingerprint density at radius 3 is 2.62 bits per heavy atom. The zero-order valence-corrected chi connectivity index (χ0v) is 4.81. The molecule has 1 fully saturated rings. The Bertz CT molecular complexity index is 71.7. The molecule has 1 heterocycles. The van der Waals surface area contributed by atoms with Crippen molar-refractivity contribution in [2.75, 3.05) is 13.7 Å². The van der Waals surface area contributed by atoms with Crippen LogP contribution in [0.5, 0.6) is 0 Å². The van der Waals surface area contributed by atoms with Crippen LogP contribution in [0.1, 0.15) is 6.42 Å². The molecule has 0 aliphatic carbocycles. The number of hydrogen-bond donors (Lipinski definition) is 1. The summed E-state index contributed by atoms with van der Waals surface area (Å²) in [5.41, 5.74) is 0. The Kier molecular flexibility index (Phi) is 1.80. The number of hydrogen-bond acceptors (Lipinski definition) is 2. The van der Waals surface area contributed by atoms with Crippen molar-refractivity contribution in [3.05, 3.63) is 5.84 Å². The van der Waals surface area contributed by atoms with Gasteiger partial charge in [0.1, 0.15) is 0 Å². The van der Waals surface area contributed by atoms with Crippen LogP contribution in [0.25, 0.3) is 5.84 Å². The molecule has 0 aromatic carbocycles. The van der Waals surface area contributed by atoms with Gasteiger partial charge in [0.25, 0.3) is 0 Å². The topological polar surface area (TPSA) is 46.7 Å². The SMILES string of the molecule is CO[NH+]([NH-])C1CCO1. The van der Waals surface area contributed by atoms with Gasteiger partial charge in [0.15, 0.2) is 0 Å². The van der Waals surface area contributed by atoms with Crippen LogP contribution >= 0.6 is 0 Å². The highest BCUT2D eigenvalue weighted by Gasteiger charge is 2.24. The highest BCUT2D eigenvalue weighted by Crippen LogP contribution is 2.02. The third kappa shape index (κ3) is 0.976. The van der Waals surface area contributed by atoms with Crippen molar-refractivity contribution in [1.82, 2.24) is 0 Å².